The zero-order valence-corrected chi connectivity index (χ0v) is 11.5. The van der Waals surface area contributed by atoms with Crippen LogP contribution in [-0.2, 0) is 0 Å². The summed E-state index contributed by atoms with van der Waals surface area (Å²) >= 11 is 4.60. The summed E-state index contributed by atoms with van der Waals surface area (Å²) in [7, 11) is 0. The van der Waals surface area contributed by atoms with Gasteiger partial charge >= 0.3 is 0 Å². The van der Waals surface area contributed by atoms with Crippen molar-refractivity contribution in [3.05, 3.63) is 34.3 Å². The summed E-state index contributed by atoms with van der Waals surface area (Å²) in [5.41, 5.74) is 11.7. The summed E-state index contributed by atoms with van der Waals surface area (Å²) in [6.45, 7) is 0. The lowest BCUT2D eigenvalue weighted by atomic mass is 10.2. The quantitative estimate of drug-likeness (QED) is 0.823. The lowest BCUT2D eigenvalue weighted by Crippen LogP contribution is -1.99. The van der Waals surface area contributed by atoms with Gasteiger partial charge in [0.2, 0.25) is 0 Å². The zero-order chi connectivity index (χ0) is 13.1. The van der Waals surface area contributed by atoms with Crippen molar-refractivity contribution >= 4 is 39.3 Å². The minimum Gasteiger partial charge on any atom is -0.383 e. The summed E-state index contributed by atoms with van der Waals surface area (Å²) in [4.78, 5) is 8.87. The predicted octanol–water partition coefficient (Wildman–Crippen LogP) is 2.43. The number of nitrogen functional groups attached to an aromatic ring is 2. The van der Waals surface area contributed by atoms with Gasteiger partial charge in [0, 0.05) is 15.4 Å². The molecule has 18 heavy (non-hydrogen) atoms. The lowest BCUT2D eigenvalue weighted by molar-refractivity contribution is 0.984. The molecule has 2 rings (SSSR count). The van der Waals surface area contributed by atoms with E-state index >= 15 is 0 Å². The van der Waals surface area contributed by atoms with E-state index in [1.165, 1.54) is 17.8 Å². The maximum atomic E-state index is 9.03. The molecule has 0 aliphatic heterocycles. The molecule has 5 nitrogen and oxygen atoms in total. The number of benzene rings is 1. The summed E-state index contributed by atoms with van der Waals surface area (Å²) in [6.07, 6.45) is 0. The largest absolute Gasteiger partial charge is 0.383 e. The Bertz CT molecular complexity index is 618. The third kappa shape index (κ3) is 2.91. The van der Waals surface area contributed by atoms with Gasteiger partial charge in [-0.1, -0.05) is 15.9 Å². The van der Waals surface area contributed by atoms with Crippen molar-refractivity contribution in [2.24, 2.45) is 0 Å². The maximum Gasteiger partial charge on any atom is 0.196 e. The number of anilines is 2. The lowest BCUT2D eigenvalue weighted by Gasteiger charge is -2.04. The van der Waals surface area contributed by atoms with Crippen molar-refractivity contribution in [1.29, 1.82) is 5.26 Å². The van der Waals surface area contributed by atoms with Crippen molar-refractivity contribution in [3.8, 4) is 6.07 Å². The zero-order valence-electron chi connectivity index (χ0n) is 9.09. The van der Waals surface area contributed by atoms with E-state index in [-0.39, 0.29) is 0 Å². The van der Waals surface area contributed by atoms with Gasteiger partial charge in [-0.15, -0.1) is 0 Å². The molecule has 2 aromatic rings. The molecule has 0 unspecified atom stereocenters. The van der Waals surface area contributed by atoms with Crippen LogP contribution in [0.15, 0.2) is 38.8 Å². The van der Waals surface area contributed by atoms with Crippen LogP contribution >= 0.6 is 27.7 Å². The number of nitrogens with two attached hydrogens (primary N) is 2. The highest BCUT2D eigenvalue weighted by Crippen LogP contribution is 2.31. The smallest absolute Gasteiger partial charge is 0.196 e. The number of halogens is 1. The highest BCUT2D eigenvalue weighted by molar-refractivity contribution is 9.10. The average Bonchev–Trinajstić information content (AvgIpc) is 2.27. The fourth-order valence-corrected chi connectivity index (χ4v) is 2.70. The van der Waals surface area contributed by atoms with Gasteiger partial charge in [-0.2, -0.15) is 5.26 Å². The molecule has 1 aromatic carbocycles. The summed E-state index contributed by atoms with van der Waals surface area (Å²) < 4.78 is 0.876. The van der Waals surface area contributed by atoms with Crippen LogP contribution in [-0.4, -0.2) is 9.97 Å². The number of nitrogens with zero attached hydrogens (tertiary/aromatic N) is 3. The van der Waals surface area contributed by atoms with Crippen LogP contribution in [0.2, 0.25) is 0 Å². The van der Waals surface area contributed by atoms with Gasteiger partial charge in [-0.05, 0) is 30.0 Å². The molecular formula is C11H8BrN5S. The third-order valence-corrected chi connectivity index (χ3v) is 3.43. The molecule has 1 aromatic heterocycles. The van der Waals surface area contributed by atoms with E-state index in [0.717, 1.165) is 9.37 Å². The Hall–Kier alpha value is -1.78. The summed E-state index contributed by atoms with van der Waals surface area (Å²) in [5.74, 6) is 0.608. The second-order valence-corrected chi connectivity index (χ2v) is 5.28. The van der Waals surface area contributed by atoms with Crippen LogP contribution < -0.4 is 11.5 Å². The van der Waals surface area contributed by atoms with E-state index in [0.29, 0.717) is 22.4 Å². The number of aromatic nitrogens is 2. The standard InChI is InChI=1S/C11H8BrN5S/c12-7-2-1-6(5-13)8(3-7)18-11-16-9(14)4-10(15)17-11/h1-4H,(H4,14,15,16,17). The Morgan fingerprint density at radius 3 is 2.44 bits per heavy atom. The van der Waals surface area contributed by atoms with E-state index < -0.39 is 0 Å². The molecule has 0 radical (unpaired) electrons. The van der Waals surface area contributed by atoms with Gasteiger partial charge in [0.1, 0.15) is 17.7 Å². The van der Waals surface area contributed by atoms with Crippen molar-refractivity contribution in [2.45, 2.75) is 10.1 Å². The molecule has 0 saturated carbocycles. The predicted molar refractivity (Wildman–Crippen MR) is 73.8 cm³/mol. The fraction of sp³-hybridized carbons (Fsp3) is 0. The molecule has 90 valence electrons. The second kappa shape index (κ2) is 5.25. The molecule has 0 amide bonds. The number of hydrogen-bond donors (Lipinski definition) is 2. The molecule has 0 atom stereocenters. The monoisotopic (exact) mass is 321 g/mol. The molecular weight excluding hydrogens is 314 g/mol. The molecule has 0 aliphatic rings. The fourth-order valence-electron chi connectivity index (χ4n) is 1.28. The van der Waals surface area contributed by atoms with E-state index in [4.69, 9.17) is 16.7 Å². The first kappa shape index (κ1) is 12.7. The highest BCUT2D eigenvalue weighted by Gasteiger charge is 2.08. The van der Waals surface area contributed by atoms with Crippen molar-refractivity contribution < 1.29 is 0 Å². The molecule has 0 fully saturated rings. The molecule has 4 N–H and O–H groups in total. The van der Waals surface area contributed by atoms with Crippen LogP contribution in [0.4, 0.5) is 11.6 Å². The third-order valence-electron chi connectivity index (χ3n) is 2.01. The van der Waals surface area contributed by atoms with Crippen LogP contribution in [0.5, 0.6) is 0 Å². The summed E-state index contributed by atoms with van der Waals surface area (Å²) in [6, 6.07) is 8.95. The van der Waals surface area contributed by atoms with Gasteiger partial charge in [0.05, 0.1) is 5.56 Å². The normalized spacial score (nSPS) is 10.0. The van der Waals surface area contributed by atoms with Gasteiger partial charge in [0.15, 0.2) is 5.16 Å². The van der Waals surface area contributed by atoms with Crippen molar-refractivity contribution in [3.63, 3.8) is 0 Å². The highest BCUT2D eigenvalue weighted by atomic mass is 79.9. The Kier molecular flexibility index (Phi) is 3.69. The Morgan fingerprint density at radius 2 is 1.83 bits per heavy atom. The first-order valence-corrected chi connectivity index (χ1v) is 6.47. The maximum absolute atomic E-state index is 9.03. The van der Waals surface area contributed by atoms with Crippen molar-refractivity contribution in [2.75, 3.05) is 11.5 Å². The minimum absolute atomic E-state index is 0.304. The van der Waals surface area contributed by atoms with E-state index in [1.807, 2.05) is 6.07 Å². The minimum atomic E-state index is 0.304. The average molecular weight is 322 g/mol. The Balaban J connectivity index is 2.39. The SMILES string of the molecule is N#Cc1ccc(Br)cc1Sc1nc(N)cc(N)n1. The Morgan fingerprint density at radius 1 is 1.17 bits per heavy atom. The van der Waals surface area contributed by atoms with Crippen molar-refractivity contribution in [1.82, 2.24) is 9.97 Å². The molecule has 0 aliphatic carbocycles. The van der Waals surface area contributed by atoms with Crippen LogP contribution in [0.25, 0.3) is 0 Å². The van der Waals surface area contributed by atoms with E-state index in [1.54, 1.807) is 12.1 Å². The van der Waals surface area contributed by atoms with Gasteiger partial charge in [0.25, 0.3) is 0 Å². The topological polar surface area (TPSA) is 102 Å². The molecule has 0 spiro atoms. The van der Waals surface area contributed by atoms with Crippen LogP contribution in [0.1, 0.15) is 5.56 Å². The molecule has 1 heterocycles. The van der Waals surface area contributed by atoms with Gasteiger partial charge in [-0.25, -0.2) is 9.97 Å². The van der Waals surface area contributed by atoms with Gasteiger partial charge in [-0.3, -0.25) is 0 Å². The molecule has 0 bridgehead atoms. The van der Waals surface area contributed by atoms with Crippen LogP contribution in [0, 0.1) is 11.3 Å². The number of hydrogen-bond acceptors (Lipinski definition) is 6. The molecule has 7 heteroatoms. The first-order valence-electron chi connectivity index (χ1n) is 4.86. The van der Waals surface area contributed by atoms with Gasteiger partial charge < -0.3 is 11.5 Å². The Labute approximate surface area is 116 Å². The van der Waals surface area contributed by atoms with E-state index in [2.05, 4.69) is 32.0 Å². The first-order chi connectivity index (χ1) is 8.58. The second-order valence-electron chi connectivity index (χ2n) is 3.35. The molecule has 0 saturated heterocycles. The number of rotatable bonds is 2. The van der Waals surface area contributed by atoms with E-state index in [9.17, 15) is 0 Å². The summed E-state index contributed by atoms with van der Waals surface area (Å²) in [5, 5.41) is 9.45. The number of nitriles is 1. The van der Waals surface area contributed by atoms with Crippen LogP contribution in [0.3, 0.4) is 0 Å².